The zero-order chi connectivity index (χ0) is 30.8. The Morgan fingerprint density at radius 1 is 1.00 bits per heavy atom. The summed E-state index contributed by atoms with van der Waals surface area (Å²) in [6.45, 7) is 10.7. The second-order valence-electron chi connectivity index (χ2n) is 13.6. The minimum absolute atomic E-state index is 0.0118. The van der Waals surface area contributed by atoms with Gasteiger partial charge in [-0.05, 0) is 47.9 Å². The van der Waals surface area contributed by atoms with Crippen LogP contribution >= 0.6 is 0 Å². The van der Waals surface area contributed by atoms with Gasteiger partial charge in [0.05, 0.1) is 30.2 Å². The van der Waals surface area contributed by atoms with E-state index >= 15 is 0 Å². The number of hydrogen-bond acceptors (Lipinski definition) is 6. The number of carbonyl (C=O) groups excluding carboxylic acids is 3. The molecule has 0 radical (unpaired) electrons. The van der Waals surface area contributed by atoms with E-state index in [0.717, 1.165) is 16.7 Å². The quantitative estimate of drug-likeness (QED) is 0.382. The van der Waals surface area contributed by atoms with Crippen molar-refractivity contribution in [3.05, 3.63) is 82.6 Å². The Hall–Kier alpha value is -3.49. The van der Waals surface area contributed by atoms with E-state index in [4.69, 9.17) is 9.47 Å². The number of fused-ring (bicyclic) bond motifs is 4. The van der Waals surface area contributed by atoms with E-state index in [1.165, 1.54) is 10.5 Å². The van der Waals surface area contributed by atoms with E-state index in [1.54, 1.807) is 14.0 Å². The second-order valence-corrected chi connectivity index (χ2v) is 13.6. The molecule has 1 N–H and O–H groups in total. The predicted octanol–water partition coefficient (Wildman–Crippen LogP) is 4.37. The Balaban J connectivity index is 1.31. The first-order valence-corrected chi connectivity index (χ1v) is 15.3. The third-order valence-corrected chi connectivity index (χ3v) is 10.1. The van der Waals surface area contributed by atoms with Crippen molar-refractivity contribution < 1.29 is 29.0 Å². The van der Waals surface area contributed by atoms with E-state index in [0.29, 0.717) is 13.0 Å². The number of benzene rings is 2. The Morgan fingerprint density at radius 3 is 2.28 bits per heavy atom. The number of carbonyl (C=O) groups is 3. The maximum atomic E-state index is 13.9. The lowest BCUT2D eigenvalue weighted by Crippen LogP contribution is -2.64. The minimum atomic E-state index is -0.876. The van der Waals surface area contributed by atoms with Crippen LogP contribution in [0.2, 0.25) is 0 Å². The average molecular weight is 587 g/mol. The first kappa shape index (κ1) is 29.6. The van der Waals surface area contributed by atoms with Crippen molar-refractivity contribution in [1.29, 1.82) is 0 Å². The Kier molecular flexibility index (Phi) is 7.50. The van der Waals surface area contributed by atoms with Crippen molar-refractivity contribution in [3.8, 4) is 0 Å². The van der Waals surface area contributed by atoms with Crippen LogP contribution in [0.5, 0.6) is 0 Å². The molecule has 8 atom stereocenters. The van der Waals surface area contributed by atoms with Crippen LogP contribution in [0.25, 0.3) is 0 Å². The van der Waals surface area contributed by atoms with Gasteiger partial charge in [0, 0.05) is 31.4 Å². The molecule has 2 aromatic carbocycles. The van der Waals surface area contributed by atoms with Crippen LogP contribution in [0.4, 0.5) is 0 Å². The van der Waals surface area contributed by atoms with Crippen LogP contribution in [0.3, 0.4) is 0 Å². The summed E-state index contributed by atoms with van der Waals surface area (Å²) >= 11 is 0. The van der Waals surface area contributed by atoms with E-state index < -0.39 is 30.1 Å². The minimum Gasteiger partial charge on any atom is -0.456 e. The number of β-lactam (4-membered cyclic amide) rings is 1. The molecular weight excluding hydrogens is 544 g/mol. The fourth-order valence-corrected chi connectivity index (χ4v) is 7.85. The summed E-state index contributed by atoms with van der Waals surface area (Å²) in [5.41, 5.74) is 4.08. The van der Waals surface area contributed by atoms with Gasteiger partial charge in [0.15, 0.2) is 0 Å². The smallest absolute Gasteiger partial charge is 0.355 e. The molecule has 1 unspecified atom stereocenters. The van der Waals surface area contributed by atoms with Gasteiger partial charge in [0.1, 0.15) is 12.3 Å². The molecule has 2 saturated heterocycles. The van der Waals surface area contributed by atoms with E-state index in [9.17, 15) is 19.5 Å². The van der Waals surface area contributed by atoms with Crippen molar-refractivity contribution in [2.24, 2.45) is 23.7 Å². The van der Waals surface area contributed by atoms with Crippen LogP contribution in [-0.2, 0) is 35.9 Å². The third-order valence-electron chi connectivity index (χ3n) is 10.1. The molecule has 8 nitrogen and oxygen atoms in total. The molecule has 3 aliphatic heterocycles. The summed E-state index contributed by atoms with van der Waals surface area (Å²) in [4.78, 5) is 44.5. The summed E-state index contributed by atoms with van der Waals surface area (Å²) in [7, 11) is 1.61. The fraction of sp³-hybridized carbons (Fsp3) is 0.514. The predicted molar refractivity (Wildman–Crippen MR) is 160 cm³/mol. The maximum absolute atomic E-state index is 13.9. The maximum Gasteiger partial charge on any atom is 0.355 e. The lowest BCUT2D eigenvalue weighted by atomic mass is 9.65. The van der Waals surface area contributed by atoms with Gasteiger partial charge in [-0.25, -0.2) is 4.79 Å². The Bertz CT molecular complexity index is 1440. The van der Waals surface area contributed by atoms with Gasteiger partial charge in [-0.2, -0.15) is 0 Å². The van der Waals surface area contributed by atoms with Crippen LogP contribution < -0.4 is 0 Å². The highest BCUT2D eigenvalue weighted by Crippen LogP contribution is 2.57. The van der Waals surface area contributed by atoms with Crippen molar-refractivity contribution in [3.63, 3.8) is 0 Å². The molecule has 2 aromatic rings. The number of nitrogens with zero attached hydrogens (tertiary/aromatic N) is 2. The number of rotatable bonds is 7. The lowest BCUT2D eigenvalue weighted by molar-refractivity contribution is -0.165. The fourth-order valence-electron chi connectivity index (χ4n) is 7.85. The van der Waals surface area contributed by atoms with Gasteiger partial charge in [0.25, 0.3) is 0 Å². The van der Waals surface area contributed by atoms with Crippen LogP contribution in [0.1, 0.15) is 63.8 Å². The van der Waals surface area contributed by atoms with Crippen LogP contribution in [0, 0.1) is 23.7 Å². The monoisotopic (exact) mass is 586 g/mol. The van der Waals surface area contributed by atoms with Crippen LogP contribution in [-0.4, -0.2) is 64.6 Å². The zero-order valence-electron chi connectivity index (χ0n) is 25.8. The first-order valence-electron chi connectivity index (χ1n) is 15.3. The lowest BCUT2D eigenvalue weighted by Gasteiger charge is -2.48. The number of amides is 2. The van der Waals surface area contributed by atoms with Gasteiger partial charge in [-0.15, -0.1) is 0 Å². The van der Waals surface area contributed by atoms with Gasteiger partial charge in [-0.3, -0.25) is 9.59 Å². The van der Waals surface area contributed by atoms with Gasteiger partial charge >= 0.3 is 5.97 Å². The molecule has 8 heteroatoms. The molecule has 1 saturated carbocycles. The standard InChI is InChI=1S/C35H42N2O6/c1-19(22-10-8-7-9-11-22)36-17-26-24(32(36)39)16-25-28(31(26)42-6)30(37-29(25)27(20(2)38)33(37)40)34(41)43-18-21-12-14-23(15-13-21)35(3,4)5/h7-15,19-20,24-27,29,31,38H,16-18H2,1-6H3/t19-,20+,24-,25-,26-,27+,29?,31+/m0/s1. The Morgan fingerprint density at radius 2 is 1.67 bits per heavy atom. The SMILES string of the molecule is CO[C@H]1C2=C(C(=O)OCc3ccc(C(C)(C)C)cc3)N3C(=O)[C@H]([C@@H](C)O)C3[C@H]2C[C@@H]2C(=O)N([C@@H](C)c3ccccc3)C[C@@H]21. The van der Waals surface area contributed by atoms with E-state index in [2.05, 4.69) is 20.8 Å². The molecule has 43 heavy (non-hydrogen) atoms. The number of ether oxygens (including phenoxy) is 2. The zero-order valence-corrected chi connectivity index (χ0v) is 25.8. The van der Waals surface area contributed by atoms with Crippen molar-refractivity contribution >= 4 is 17.8 Å². The molecular formula is C35H42N2O6. The number of methoxy groups -OCH3 is 1. The van der Waals surface area contributed by atoms with Crippen molar-refractivity contribution in [2.75, 3.05) is 13.7 Å². The molecule has 2 amide bonds. The molecule has 3 fully saturated rings. The molecule has 0 spiro atoms. The third kappa shape index (κ3) is 4.79. The summed E-state index contributed by atoms with van der Waals surface area (Å²) in [5.74, 6) is -2.15. The van der Waals surface area contributed by atoms with Gasteiger partial charge < -0.3 is 24.4 Å². The highest BCUT2D eigenvalue weighted by Gasteiger charge is 2.66. The molecule has 0 bridgehead atoms. The number of likely N-dealkylation sites (tertiary alicyclic amines) is 1. The molecule has 0 aromatic heterocycles. The number of hydrogen-bond donors (Lipinski definition) is 1. The second kappa shape index (κ2) is 10.9. The topological polar surface area (TPSA) is 96.4 Å². The summed E-state index contributed by atoms with van der Waals surface area (Å²) in [5, 5.41) is 10.6. The average Bonchev–Trinajstić information content (AvgIpc) is 3.46. The van der Waals surface area contributed by atoms with E-state index in [-0.39, 0.29) is 53.3 Å². The molecule has 3 heterocycles. The number of aliphatic hydroxyl groups is 1. The molecule has 6 rings (SSSR count). The highest BCUT2D eigenvalue weighted by molar-refractivity contribution is 6.01. The first-order chi connectivity index (χ1) is 20.4. The summed E-state index contributed by atoms with van der Waals surface area (Å²) < 4.78 is 11.9. The summed E-state index contributed by atoms with van der Waals surface area (Å²) in [6.07, 6.45) is -0.902. The van der Waals surface area contributed by atoms with E-state index in [1.807, 2.05) is 66.4 Å². The Labute approximate surface area is 253 Å². The van der Waals surface area contributed by atoms with Crippen molar-refractivity contribution in [1.82, 2.24) is 9.80 Å². The number of esters is 1. The summed E-state index contributed by atoms with van der Waals surface area (Å²) in [6, 6.07) is 17.5. The largest absolute Gasteiger partial charge is 0.456 e. The number of aliphatic hydroxyl groups excluding tert-OH is 1. The highest BCUT2D eigenvalue weighted by atomic mass is 16.5. The van der Waals surface area contributed by atoms with Crippen LogP contribution in [0.15, 0.2) is 65.9 Å². The normalized spacial score (nSPS) is 29.6. The van der Waals surface area contributed by atoms with Gasteiger partial charge in [-0.1, -0.05) is 75.4 Å². The molecule has 228 valence electrons. The van der Waals surface area contributed by atoms with Crippen molar-refractivity contribution in [2.45, 2.75) is 77.4 Å². The molecule has 1 aliphatic carbocycles. The molecule has 4 aliphatic rings. The van der Waals surface area contributed by atoms with Gasteiger partial charge in [0.2, 0.25) is 11.8 Å².